The molecule has 118 valence electrons. The number of fused-ring (bicyclic) bond motifs is 1. The molecule has 2 aromatic heterocycles. The van der Waals surface area contributed by atoms with E-state index in [4.69, 9.17) is 0 Å². The SMILES string of the molecule is O=C(N[C@@H](CO)C(=O)Nn1cnnc1)c1cc2ccccc2[nH]1. The highest BCUT2D eigenvalue weighted by molar-refractivity contribution is 6.01. The van der Waals surface area contributed by atoms with Crippen LogP contribution in [0.1, 0.15) is 10.5 Å². The Kier molecular flexibility index (Phi) is 4.02. The van der Waals surface area contributed by atoms with Gasteiger partial charge in [0.1, 0.15) is 24.4 Å². The number of aromatic nitrogens is 4. The predicted octanol–water partition coefficient (Wildman–Crippen LogP) is -0.380. The number of H-pyrrole nitrogens is 1. The predicted molar refractivity (Wildman–Crippen MR) is 81.0 cm³/mol. The number of benzene rings is 1. The van der Waals surface area contributed by atoms with Crippen molar-refractivity contribution in [2.75, 3.05) is 12.0 Å². The Morgan fingerprint density at radius 2 is 2.00 bits per heavy atom. The smallest absolute Gasteiger partial charge is 0.268 e. The number of carbonyl (C=O) groups excluding carboxylic acids is 2. The monoisotopic (exact) mass is 314 g/mol. The Labute approximate surface area is 130 Å². The molecule has 3 aromatic rings. The van der Waals surface area contributed by atoms with Crippen LogP contribution in [0.5, 0.6) is 0 Å². The molecule has 23 heavy (non-hydrogen) atoms. The molecule has 3 rings (SSSR count). The topological polar surface area (TPSA) is 125 Å². The van der Waals surface area contributed by atoms with Gasteiger partial charge in [-0.05, 0) is 12.1 Å². The molecule has 0 fully saturated rings. The van der Waals surface area contributed by atoms with Gasteiger partial charge in [0.25, 0.3) is 11.8 Å². The second-order valence-corrected chi connectivity index (χ2v) is 4.82. The van der Waals surface area contributed by atoms with Crippen LogP contribution in [0.15, 0.2) is 43.0 Å². The van der Waals surface area contributed by atoms with Crippen molar-refractivity contribution in [3.8, 4) is 0 Å². The highest BCUT2D eigenvalue weighted by atomic mass is 16.3. The van der Waals surface area contributed by atoms with Gasteiger partial charge in [-0.15, -0.1) is 10.2 Å². The number of amides is 2. The van der Waals surface area contributed by atoms with E-state index in [1.54, 1.807) is 6.07 Å². The summed E-state index contributed by atoms with van der Waals surface area (Å²) in [6.07, 6.45) is 2.57. The van der Waals surface area contributed by atoms with Gasteiger partial charge in [-0.25, -0.2) is 4.68 Å². The molecule has 0 aliphatic heterocycles. The van der Waals surface area contributed by atoms with Gasteiger partial charge in [0, 0.05) is 10.9 Å². The zero-order chi connectivity index (χ0) is 16.2. The lowest BCUT2D eigenvalue weighted by Gasteiger charge is -2.15. The number of nitrogens with one attached hydrogen (secondary N) is 3. The molecule has 0 bridgehead atoms. The summed E-state index contributed by atoms with van der Waals surface area (Å²) in [5.41, 5.74) is 3.54. The molecular weight excluding hydrogens is 300 g/mol. The maximum atomic E-state index is 12.2. The lowest BCUT2D eigenvalue weighted by atomic mass is 10.2. The zero-order valence-corrected chi connectivity index (χ0v) is 11.9. The molecule has 0 unspecified atom stereocenters. The molecule has 0 saturated heterocycles. The molecule has 0 spiro atoms. The molecule has 9 heteroatoms. The van der Waals surface area contributed by atoms with Crippen molar-refractivity contribution in [3.63, 3.8) is 0 Å². The summed E-state index contributed by atoms with van der Waals surface area (Å²) in [6, 6.07) is 8.00. The van der Waals surface area contributed by atoms with Crippen LogP contribution in [0, 0.1) is 0 Å². The van der Waals surface area contributed by atoms with Crippen LogP contribution in [-0.4, -0.2) is 49.4 Å². The molecule has 9 nitrogen and oxygen atoms in total. The van der Waals surface area contributed by atoms with Crippen LogP contribution in [0.3, 0.4) is 0 Å². The highest BCUT2D eigenvalue weighted by Crippen LogP contribution is 2.14. The maximum Gasteiger partial charge on any atom is 0.268 e. The van der Waals surface area contributed by atoms with E-state index < -0.39 is 24.5 Å². The minimum Gasteiger partial charge on any atom is -0.394 e. The molecule has 4 N–H and O–H groups in total. The van der Waals surface area contributed by atoms with Crippen molar-refractivity contribution in [3.05, 3.63) is 48.7 Å². The van der Waals surface area contributed by atoms with Gasteiger partial charge in [-0.3, -0.25) is 15.0 Å². The van der Waals surface area contributed by atoms with Crippen LogP contribution < -0.4 is 10.7 Å². The van der Waals surface area contributed by atoms with E-state index in [-0.39, 0.29) is 0 Å². The third-order valence-corrected chi connectivity index (χ3v) is 3.24. The Morgan fingerprint density at radius 1 is 1.26 bits per heavy atom. The molecule has 0 aliphatic rings. The van der Waals surface area contributed by atoms with E-state index in [0.29, 0.717) is 5.69 Å². The number of para-hydroxylation sites is 1. The van der Waals surface area contributed by atoms with Gasteiger partial charge < -0.3 is 15.4 Å². The quantitative estimate of drug-likeness (QED) is 0.511. The number of carbonyl (C=O) groups is 2. The minimum absolute atomic E-state index is 0.307. The number of hydrogen-bond donors (Lipinski definition) is 4. The molecular formula is C14H14N6O3. The minimum atomic E-state index is -1.10. The molecule has 1 aromatic carbocycles. The Balaban J connectivity index is 1.70. The van der Waals surface area contributed by atoms with Gasteiger partial charge in [0.2, 0.25) is 0 Å². The first-order valence-corrected chi connectivity index (χ1v) is 6.82. The van der Waals surface area contributed by atoms with Crippen molar-refractivity contribution in [2.45, 2.75) is 6.04 Å². The number of rotatable bonds is 5. The summed E-state index contributed by atoms with van der Waals surface area (Å²) in [5.74, 6) is -1.07. The van der Waals surface area contributed by atoms with E-state index in [0.717, 1.165) is 10.9 Å². The maximum absolute atomic E-state index is 12.2. The number of nitrogens with zero attached hydrogens (tertiary/aromatic N) is 3. The second-order valence-electron chi connectivity index (χ2n) is 4.82. The second kappa shape index (κ2) is 6.28. The van der Waals surface area contributed by atoms with E-state index in [2.05, 4.69) is 25.9 Å². The number of aliphatic hydroxyl groups is 1. The van der Waals surface area contributed by atoms with Gasteiger partial charge in [-0.2, -0.15) is 0 Å². The van der Waals surface area contributed by atoms with Gasteiger partial charge in [0.15, 0.2) is 0 Å². The molecule has 0 radical (unpaired) electrons. The Hall–Kier alpha value is -3.20. The van der Waals surface area contributed by atoms with Crippen molar-refractivity contribution in [1.82, 2.24) is 25.2 Å². The summed E-state index contributed by atoms with van der Waals surface area (Å²) in [6.45, 7) is -0.542. The van der Waals surface area contributed by atoms with Gasteiger partial charge >= 0.3 is 0 Å². The average molecular weight is 314 g/mol. The molecule has 1 atom stereocenters. The first kappa shape index (κ1) is 14.7. The Bertz CT molecular complexity index is 793. The third-order valence-electron chi connectivity index (χ3n) is 3.24. The van der Waals surface area contributed by atoms with Gasteiger partial charge in [-0.1, -0.05) is 18.2 Å². The molecule has 2 heterocycles. The molecule has 0 saturated carbocycles. The summed E-state index contributed by atoms with van der Waals surface area (Å²) in [4.78, 5) is 27.2. The van der Waals surface area contributed by atoms with Crippen LogP contribution in [0.4, 0.5) is 0 Å². The fourth-order valence-corrected chi connectivity index (χ4v) is 2.09. The summed E-state index contributed by atoms with van der Waals surface area (Å²) in [7, 11) is 0. The van der Waals surface area contributed by atoms with E-state index >= 15 is 0 Å². The van der Waals surface area contributed by atoms with E-state index in [9.17, 15) is 14.7 Å². The van der Waals surface area contributed by atoms with Crippen molar-refractivity contribution >= 4 is 22.7 Å². The van der Waals surface area contributed by atoms with E-state index in [1.807, 2.05) is 24.3 Å². The van der Waals surface area contributed by atoms with Crippen LogP contribution >= 0.6 is 0 Å². The molecule has 0 aliphatic carbocycles. The number of aliphatic hydroxyl groups excluding tert-OH is 1. The van der Waals surface area contributed by atoms with Crippen molar-refractivity contribution < 1.29 is 14.7 Å². The first-order chi connectivity index (χ1) is 11.2. The van der Waals surface area contributed by atoms with Crippen LogP contribution in [-0.2, 0) is 4.79 Å². The summed E-state index contributed by atoms with van der Waals surface area (Å²) in [5, 5.41) is 19.8. The average Bonchev–Trinajstić information content (AvgIpc) is 3.20. The third kappa shape index (κ3) is 3.19. The molecule has 2 amide bonds. The lowest BCUT2D eigenvalue weighted by Crippen LogP contribution is -2.47. The Morgan fingerprint density at radius 3 is 2.70 bits per heavy atom. The summed E-state index contributed by atoms with van der Waals surface area (Å²) >= 11 is 0. The largest absolute Gasteiger partial charge is 0.394 e. The van der Waals surface area contributed by atoms with Crippen LogP contribution in [0.25, 0.3) is 10.9 Å². The van der Waals surface area contributed by atoms with Crippen molar-refractivity contribution in [2.24, 2.45) is 0 Å². The lowest BCUT2D eigenvalue weighted by molar-refractivity contribution is -0.119. The van der Waals surface area contributed by atoms with Crippen LogP contribution in [0.2, 0.25) is 0 Å². The van der Waals surface area contributed by atoms with E-state index in [1.165, 1.54) is 17.3 Å². The highest BCUT2D eigenvalue weighted by Gasteiger charge is 2.21. The number of aromatic amines is 1. The first-order valence-electron chi connectivity index (χ1n) is 6.82. The normalized spacial score (nSPS) is 12.0. The van der Waals surface area contributed by atoms with Gasteiger partial charge in [0.05, 0.1) is 6.61 Å². The fraction of sp³-hybridized carbons (Fsp3) is 0.143. The fourth-order valence-electron chi connectivity index (χ4n) is 2.09. The zero-order valence-electron chi connectivity index (χ0n) is 11.9. The number of hydrogen-bond acceptors (Lipinski definition) is 5. The summed E-state index contributed by atoms with van der Waals surface area (Å²) < 4.78 is 1.22. The standard InChI is InChI=1S/C14H14N6O3/c21-6-12(14(23)19-20-7-15-16-8-20)18-13(22)11-5-9-3-1-2-4-10(9)17-11/h1-5,7-8,12,17,21H,6H2,(H,18,22)(H,19,23)/t12-/m0/s1. The van der Waals surface area contributed by atoms with Crippen molar-refractivity contribution in [1.29, 1.82) is 0 Å².